The molecule has 1 fully saturated rings. The van der Waals surface area contributed by atoms with E-state index in [2.05, 4.69) is 18.3 Å². The molecular weight excluding hydrogens is 188 g/mol. The monoisotopic (exact) mass is 210 g/mol. The molecule has 0 spiro atoms. The molecule has 15 heavy (non-hydrogen) atoms. The molecule has 3 nitrogen and oxygen atoms in total. The van der Waals surface area contributed by atoms with Crippen molar-refractivity contribution >= 4 is 0 Å². The van der Waals surface area contributed by atoms with E-state index >= 15 is 0 Å². The molecule has 1 atom stereocenters. The zero-order chi connectivity index (χ0) is 11.1. The molecular formula is C12H22N2O. The van der Waals surface area contributed by atoms with Gasteiger partial charge in [0.15, 0.2) is 0 Å². The molecule has 86 valence electrons. The van der Waals surface area contributed by atoms with Crippen LogP contribution in [-0.2, 0) is 4.74 Å². The molecule has 0 aliphatic heterocycles. The van der Waals surface area contributed by atoms with E-state index < -0.39 is 0 Å². The highest BCUT2D eigenvalue weighted by Crippen LogP contribution is 2.43. The third kappa shape index (κ3) is 3.81. The Kier molecular flexibility index (Phi) is 5.07. The number of hydrogen-bond acceptors (Lipinski definition) is 3. The predicted molar refractivity (Wildman–Crippen MR) is 60.5 cm³/mol. The highest BCUT2D eigenvalue weighted by atomic mass is 16.5. The van der Waals surface area contributed by atoms with E-state index in [1.54, 1.807) is 7.11 Å². The first kappa shape index (κ1) is 12.5. The number of nitrogens with zero attached hydrogens (tertiary/aromatic N) is 1. The molecule has 0 heterocycles. The van der Waals surface area contributed by atoms with Crippen LogP contribution >= 0.6 is 0 Å². The summed E-state index contributed by atoms with van der Waals surface area (Å²) >= 11 is 0. The van der Waals surface area contributed by atoms with Gasteiger partial charge in [0.05, 0.1) is 12.5 Å². The Morgan fingerprint density at radius 1 is 1.53 bits per heavy atom. The Morgan fingerprint density at radius 2 is 2.27 bits per heavy atom. The minimum Gasteiger partial charge on any atom is -0.385 e. The average Bonchev–Trinajstić information content (AvgIpc) is 2.16. The summed E-state index contributed by atoms with van der Waals surface area (Å²) in [7, 11) is 1.76. The van der Waals surface area contributed by atoms with Gasteiger partial charge in [0.2, 0.25) is 0 Å². The predicted octanol–water partition coefficient (Wildman–Crippen LogP) is 2.08. The van der Waals surface area contributed by atoms with Crippen molar-refractivity contribution in [1.29, 1.82) is 5.26 Å². The first-order chi connectivity index (χ1) is 7.22. The molecule has 0 aromatic carbocycles. The van der Waals surface area contributed by atoms with Crippen molar-refractivity contribution < 1.29 is 4.74 Å². The maximum Gasteiger partial charge on any atom is 0.0638 e. The fourth-order valence-electron chi connectivity index (χ4n) is 2.11. The maximum atomic E-state index is 8.57. The van der Waals surface area contributed by atoms with Crippen LogP contribution in [0.5, 0.6) is 0 Å². The Hall–Kier alpha value is -0.590. The van der Waals surface area contributed by atoms with Gasteiger partial charge in [0, 0.05) is 26.3 Å². The Labute approximate surface area is 92.8 Å². The van der Waals surface area contributed by atoms with Crippen LogP contribution in [0.2, 0.25) is 0 Å². The maximum absolute atomic E-state index is 8.57. The highest BCUT2D eigenvalue weighted by Gasteiger charge is 2.36. The summed E-state index contributed by atoms with van der Waals surface area (Å²) in [4.78, 5) is 0. The van der Waals surface area contributed by atoms with Crippen molar-refractivity contribution in [2.24, 2.45) is 5.41 Å². The lowest BCUT2D eigenvalue weighted by Gasteiger charge is -2.42. The van der Waals surface area contributed by atoms with Gasteiger partial charge in [-0.3, -0.25) is 0 Å². The van der Waals surface area contributed by atoms with Gasteiger partial charge in [-0.1, -0.05) is 6.42 Å². The normalized spacial score (nSPS) is 20.3. The number of methoxy groups -OCH3 is 1. The molecule has 0 bridgehead atoms. The van der Waals surface area contributed by atoms with Gasteiger partial charge in [0.25, 0.3) is 0 Å². The number of nitrogens with one attached hydrogen (secondary N) is 1. The molecule has 1 N–H and O–H groups in total. The molecule has 0 aromatic rings. The van der Waals surface area contributed by atoms with Crippen LogP contribution < -0.4 is 5.32 Å². The molecule has 1 saturated carbocycles. The minimum atomic E-state index is 0.315. The topological polar surface area (TPSA) is 45.0 Å². The van der Waals surface area contributed by atoms with Gasteiger partial charge in [-0.05, 0) is 31.6 Å². The third-order valence-electron chi connectivity index (χ3n) is 3.47. The van der Waals surface area contributed by atoms with Crippen LogP contribution in [0.3, 0.4) is 0 Å². The molecule has 0 saturated heterocycles. The summed E-state index contributed by atoms with van der Waals surface area (Å²) in [6.45, 7) is 3.97. The lowest BCUT2D eigenvalue weighted by atomic mass is 9.66. The van der Waals surface area contributed by atoms with E-state index in [0.29, 0.717) is 17.9 Å². The van der Waals surface area contributed by atoms with Gasteiger partial charge < -0.3 is 10.1 Å². The minimum absolute atomic E-state index is 0.315. The van der Waals surface area contributed by atoms with E-state index in [1.807, 2.05) is 0 Å². The lowest BCUT2D eigenvalue weighted by Crippen LogP contribution is -2.43. The first-order valence-corrected chi connectivity index (χ1v) is 5.82. The van der Waals surface area contributed by atoms with Crippen molar-refractivity contribution in [3.63, 3.8) is 0 Å². The number of nitriles is 1. The molecule has 0 radical (unpaired) electrons. The second kappa shape index (κ2) is 6.09. The number of ether oxygens (including phenoxy) is 1. The van der Waals surface area contributed by atoms with Crippen LogP contribution in [0.15, 0.2) is 0 Å². The lowest BCUT2D eigenvalue weighted by molar-refractivity contribution is 0.0670. The average molecular weight is 210 g/mol. The quantitative estimate of drug-likeness (QED) is 0.699. The highest BCUT2D eigenvalue weighted by molar-refractivity contribution is 4.91. The van der Waals surface area contributed by atoms with Gasteiger partial charge in [-0.2, -0.15) is 5.26 Å². The number of rotatable bonds is 7. The molecule has 0 aromatic heterocycles. The summed E-state index contributed by atoms with van der Waals surface area (Å²) in [6.07, 6.45) is 5.71. The molecule has 1 aliphatic rings. The SMILES string of the molecule is COCCC1(CNC(C)CC#N)CCC1. The van der Waals surface area contributed by atoms with Crippen molar-refractivity contribution in [3.8, 4) is 6.07 Å². The van der Waals surface area contributed by atoms with Crippen LogP contribution in [0.25, 0.3) is 0 Å². The van der Waals surface area contributed by atoms with E-state index in [1.165, 1.54) is 19.3 Å². The van der Waals surface area contributed by atoms with E-state index in [4.69, 9.17) is 10.00 Å². The summed E-state index contributed by atoms with van der Waals surface area (Å²) in [5, 5.41) is 12.0. The summed E-state index contributed by atoms with van der Waals surface area (Å²) in [5.74, 6) is 0. The molecule has 1 aliphatic carbocycles. The van der Waals surface area contributed by atoms with Crippen molar-refractivity contribution in [3.05, 3.63) is 0 Å². The summed E-state index contributed by atoms with van der Waals surface area (Å²) < 4.78 is 5.15. The van der Waals surface area contributed by atoms with Crippen LogP contribution in [0, 0.1) is 16.7 Å². The van der Waals surface area contributed by atoms with Gasteiger partial charge in [-0.25, -0.2) is 0 Å². The molecule has 1 unspecified atom stereocenters. The molecule has 1 rings (SSSR count). The fraction of sp³-hybridized carbons (Fsp3) is 0.917. The first-order valence-electron chi connectivity index (χ1n) is 5.82. The van der Waals surface area contributed by atoms with Crippen LogP contribution in [-0.4, -0.2) is 26.3 Å². The zero-order valence-corrected chi connectivity index (χ0v) is 9.88. The number of hydrogen-bond donors (Lipinski definition) is 1. The Morgan fingerprint density at radius 3 is 2.73 bits per heavy atom. The smallest absolute Gasteiger partial charge is 0.0638 e. The second-order valence-electron chi connectivity index (χ2n) is 4.74. The van der Waals surface area contributed by atoms with Crippen LogP contribution in [0.4, 0.5) is 0 Å². The fourth-order valence-corrected chi connectivity index (χ4v) is 2.11. The zero-order valence-electron chi connectivity index (χ0n) is 9.88. The Balaban J connectivity index is 2.24. The largest absolute Gasteiger partial charge is 0.385 e. The van der Waals surface area contributed by atoms with Crippen molar-refractivity contribution in [2.75, 3.05) is 20.3 Å². The summed E-state index contributed by atoms with van der Waals surface area (Å²) in [5.41, 5.74) is 0.458. The molecule has 0 amide bonds. The van der Waals surface area contributed by atoms with Gasteiger partial charge in [-0.15, -0.1) is 0 Å². The Bertz CT molecular complexity index is 218. The van der Waals surface area contributed by atoms with E-state index in [-0.39, 0.29) is 0 Å². The van der Waals surface area contributed by atoms with E-state index in [9.17, 15) is 0 Å². The van der Waals surface area contributed by atoms with Crippen molar-refractivity contribution in [2.45, 2.75) is 45.1 Å². The third-order valence-corrected chi connectivity index (χ3v) is 3.47. The van der Waals surface area contributed by atoms with Gasteiger partial charge >= 0.3 is 0 Å². The van der Waals surface area contributed by atoms with Gasteiger partial charge in [0.1, 0.15) is 0 Å². The second-order valence-corrected chi connectivity index (χ2v) is 4.74. The standard InChI is InChI=1S/C12H22N2O/c1-11(4-8-13)14-10-12(5-3-6-12)7-9-15-2/h11,14H,3-7,9-10H2,1-2H3. The van der Waals surface area contributed by atoms with Crippen molar-refractivity contribution in [1.82, 2.24) is 5.32 Å². The summed E-state index contributed by atoms with van der Waals surface area (Å²) in [6, 6.07) is 2.51. The van der Waals surface area contributed by atoms with Crippen LogP contribution in [0.1, 0.15) is 39.0 Å². The molecule has 3 heteroatoms. The van der Waals surface area contributed by atoms with E-state index in [0.717, 1.165) is 19.6 Å².